The van der Waals surface area contributed by atoms with Gasteiger partial charge in [-0.3, -0.25) is 4.72 Å². The molecule has 3 N–H and O–H groups in total. The van der Waals surface area contributed by atoms with Crippen LogP contribution in [-0.4, -0.2) is 20.1 Å². The molecule has 0 amide bonds. The largest absolute Gasteiger partial charge is 0.492 e. The van der Waals surface area contributed by atoms with E-state index in [1.165, 1.54) is 0 Å². The van der Waals surface area contributed by atoms with Crippen molar-refractivity contribution in [3.05, 3.63) is 78.4 Å². The topological polar surface area (TPSA) is 79.5 Å². The Balaban J connectivity index is 1.63. The van der Waals surface area contributed by atoms with Crippen LogP contribution in [0.4, 0.5) is 17.1 Å². The lowest BCUT2D eigenvalue weighted by atomic mass is 10.2. The van der Waals surface area contributed by atoms with Gasteiger partial charge < -0.3 is 15.4 Å². The first kappa shape index (κ1) is 21.6. The predicted octanol–water partition coefficient (Wildman–Crippen LogP) is 5.00. The van der Waals surface area contributed by atoms with Gasteiger partial charge in [-0.1, -0.05) is 29.8 Å². The number of benzene rings is 3. The van der Waals surface area contributed by atoms with Crippen LogP contribution in [0.2, 0.25) is 0 Å². The summed E-state index contributed by atoms with van der Waals surface area (Å²) in [5, 5.41) is 6.58. The molecule has 30 heavy (non-hydrogen) atoms. The molecule has 3 aromatic rings. The molecule has 8 heteroatoms. The first-order chi connectivity index (χ1) is 14.4. The Kier molecular flexibility index (Phi) is 6.91. The van der Waals surface area contributed by atoms with E-state index in [1.54, 1.807) is 48.5 Å². The molecule has 0 saturated carbocycles. The average Bonchev–Trinajstić information content (AvgIpc) is 2.71. The zero-order valence-electron chi connectivity index (χ0n) is 16.7. The van der Waals surface area contributed by atoms with E-state index in [9.17, 15) is 8.42 Å². The van der Waals surface area contributed by atoms with Crippen LogP contribution in [0.25, 0.3) is 0 Å². The molecular formula is C22H23N3O3S2. The maximum absolute atomic E-state index is 12.5. The maximum Gasteiger partial charge on any atom is 0.261 e. The molecule has 0 spiro atoms. The Hall–Kier alpha value is -3.10. The molecule has 0 atom stereocenters. The molecular weight excluding hydrogens is 418 g/mol. The van der Waals surface area contributed by atoms with Crippen LogP contribution < -0.4 is 20.1 Å². The van der Waals surface area contributed by atoms with E-state index in [-0.39, 0.29) is 4.90 Å². The lowest BCUT2D eigenvalue weighted by Crippen LogP contribution is -2.19. The number of thiocarbonyl (C=S) groups is 1. The minimum atomic E-state index is -3.64. The van der Waals surface area contributed by atoms with E-state index in [0.717, 1.165) is 16.9 Å². The van der Waals surface area contributed by atoms with E-state index >= 15 is 0 Å². The van der Waals surface area contributed by atoms with Crippen molar-refractivity contribution in [2.24, 2.45) is 0 Å². The van der Waals surface area contributed by atoms with Gasteiger partial charge in [0.05, 0.1) is 17.2 Å². The normalized spacial score (nSPS) is 10.9. The van der Waals surface area contributed by atoms with E-state index in [0.29, 0.717) is 23.2 Å². The molecule has 3 aromatic carbocycles. The zero-order valence-corrected chi connectivity index (χ0v) is 18.3. The Morgan fingerprint density at radius 3 is 2.20 bits per heavy atom. The van der Waals surface area contributed by atoms with Crippen molar-refractivity contribution in [1.82, 2.24) is 0 Å². The summed E-state index contributed by atoms with van der Waals surface area (Å²) in [5.41, 5.74) is 2.94. The van der Waals surface area contributed by atoms with Crippen LogP contribution in [0.15, 0.2) is 77.7 Å². The van der Waals surface area contributed by atoms with Crippen molar-refractivity contribution in [3.8, 4) is 5.75 Å². The zero-order chi connectivity index (χ0) is 21.6. The molecule has 0 fully saturated rings. The Labute approximate surface area is 182 Å². The number of aryl methyl sites for hydroxylation is 1. The molecule has 0 saturated heterocycles. The highest BCUT2D eigenvalue weighted by atomic mass is 32.2. The Bertz CT molecular complexity index is 1110. The molecule has 0 aliphatic heterocycles. The van der Waals surface area contributed by atoms with Gasteiger partial charge in [0.25, 0.3) is 10.0 Å². The van der Waals surface area contributed by atoms with Crippen LogP contribution in [0.3, 0.4) is 0 Å². The third-order valence-electron chi connectivity index (χ3n) is 4.16. The highest BCUT2D eigenvalue weighted by Crippen LogP contribution is 2.24. The van der Waals surface area contributed by atoms with Crippen LogP contribution >= 0.6 is 12.2 Å². The smallest absolute Gasteiger partial charge is 0.261 e. The molecule has 6 nitrogen and oxygen atoms in total. The van der Waals surface area contributed by atoms with E-state index in [4.69, 9.17) is 17.0 Å². The van der Waals surface area contributed by atoms with Crippen LogP contribution in [0.1, 0.15) is 12.5 Å². The van der Waals surface area contributed by atoms with Crippen molar-refractivity contribution in [2.45, 2.75) is 18.7 Å². The summed E-state index contributed by atoms with van der Waals surface area (Å²) in [6.45, 7) is 4.38. The van der Waals surface area contributed by atoms with Crippen molar-refractivity contribution in [1.29, 1.82) is 0 Å². The molecule has 3 rings (SSSR count). The molecule has 0 aliphatic carbocycles. The van der Waals surface area contributed by atoms with Crippen molar-refractivity contribution in [3.63, 3.8) is 0 Å². The fourth-order valence-electron chi connectivity index (χ4n) is 2.69. The quantitative estimate of drug-likeness (QED) is 0.448. The highest BCUT2D eigenvalue weighted by molar-refractivity contribution is 7.92. The summed E-state index contributed by atoms with van der Waals surface area (Å²) in [6, 6.07) is 21.0. The molecule has 0 heterocycles. The van der Waals surface area contributed by atoms with Gasteiger partial charge in [-0.05, 0) is 74.6 Å². The lowest BCUT2D eigenvalue weighted by Gasteiger charge is -2.14. The summed E-state index contributed by atoms with van der Waals surface area (Å²) >= 11 is 5.37. The fourth-order valence-corrected chi connectivity index (χ4v) is 3.98. The van der Waals surface area contributed by atoms with Crippen molar-refractivity contribution in [2.75, 3.05) is 22.0 Å². The first-order valence-electron chi connectivity index (χ1n) is 9.37. The van der Waals surface area contributed by atoms with Crippen LogP contribution in [0.5, 0.6) is 5.75 Å². The third kappa shape index (κ3) is 5.71. The molecule has 0 radical (unpaired) electrons. The highest BCUT2D eigenvalue weighted by Gasteiger charge is 2.13. The second-order valence-corrected chi connectivity index (χ2v) is 8.59. The van der Waals surface area contributed by atoms with Crippen molar-refractivity contribution < 1.29 is 13.2 Å². The van der Waals surface area contributed by atoms with Crippen LogP contribution in [0, 0.1) is 6.92 Å². The van der Waals surface area contributed by atoms with Crippen LogP contribution in [-0.2, 0) is 10.0 Å². The van der Waals surface area contributed by atoms with Gasteiger partial charge in [0.2, 0.25) is 0 Å². The number of hydrogen-bond donors (Lipinski definition) is 3. The summed E-state index contributed by atoms with van der Waals surface area (Å²) in [4.78, 5) is 0.216. The van der Waals surface area contributed by atoms with Gasteiger partial charge in [-0.15, -0.1) is 0 Å². The van der Waals surface area contributed by atoms with Gasteiger partial charge in [0, 0.05) is 11.4 Å². The molecule has 0 unspecified atom stereocenters. The molecule has 0 bridgehead atoms. The molecule has 0 aromatic heterocycles. The Morgan fingerprint density at radius 2 is 1.53 bits per heavy atom. The van der Waals surface area contributed by atoms with E-state index in [2.05, 4.69) is 15.4 Å². The van der Waals surface area contributed by atoms with Crippen molar-refractivity contribution >= 4 is 44.4 Å². The number of ether oxygens (including phenoxy) is 1. The molecule has 156 valence electrons. The number of anilines is 3. The standard InChI is InChI=1S/C22H23N3O3S2/c1-3-28-21-7-5-4-6-20(21)24-22(29)23-17-10-12-18(13-11-17)25-30(26,27)19-14-8-16(2)9-15-19/h4-15,25H,3H2,1-2H3,(H2,23,24,29). The number of hydrogen-bond acceptors (Lipinski definition) is 4. The minimum Gasteiger partial charge on any atom is -0.492 e. The van der Waals surface area contributed by atoms with Gasteiger partial charge >= 0.3 is 0 Å². The second-order valence-electron chi connectivity index (χ2n) is 6.50. The Morgan fingerprint density at radius 1 is 0.900 bits per heavy atom. The lowest BCUT2D eigenvalue weighted by molar-refractivity contribution is 0.342. The number of sulfonamides is 1. The maximum atomic E-state index is 12.5. The van der Waals surface area contributed by atoms with Gasteiger partial charge in [-0.2, -0.15) is 0 Å². The predicted molar refractivity (Wildman–Crippen MR) is 126 cm³/mol. The minimum absolute atomic E-state index is 0.216. The molecule has 0 aliphatic rings. The second kappa shape index (κ2) is 9.60. The number of para-hydroxylation sites is 2. The van der Waals surface area contributed by atoms with Gasteiger partial charge in [0.1, 0.15) is 5.75 Å². The third-order valence-corrected chi connectivity index (χ3v) is 5.76. The average molecular weight is 442 g/mol. The van der Waals surface area contributed by atoms with E-state index < -0.39 is 10.0 Å². The SMILES string of the molecule is CCOc1ccccc1NC(=S)Nc1ccc(NS(=O)(=O)c2ccc(C)cc2)cc1. The monoisotopic (exact) mass is 441 g/mol. The van der Waals surface area contributed by atoms with Gasteiger partial charge in [0.15, 0.2) is 5.11 Å². The number of nitrogens with one attached hydrogen (secondary N) is 3. The first-order valence-corrected chi connectivity index (χ1v) is 11.3. The van der Waals surface area contributed by atoms with Gasteiger partial charge in [-0.25, -0.2) is 8.42 Å². The van der Waals surface area contributed by atoms with E-state index in [1.807, 2.05) is 38.1 Å². The summed E-state index contributed by atoms with van der Waals surface area (Å²) in [5.74, 6) is 0.713. The fraction of sp³-hybridized carbons (Fsp3) is 0.136. The summed E-state index contributed by atoms with van der Waals surface area (Å²) in [7, 11) is -3.64. The number of rotatable bonds is 7. The summed E-state index contributed by atoms with van der Waals surface area (Å²) in [6.07, 6.45) is 0. The summed E-state index contributed by atoms with van der Waals surface area (Å²) < 4.78 is 33.1.